The molecule has 0 fully saturated rings. The van der Waals surface area contributed by atoms with Crippen LogP contribution in [0.15, 0.2) is 0 Å². The summed E-state index contributed by atoms with van der Waals surface area (Å²) in [5, 5.41) is 0. The number of hydrogen-bond acceptors (Lipinski definition) is 4. The number of unbranched alkanes of at least 4 members (excludes halogenated alkanes) is 9. The van der Waals surface area contributed by atoms with Gasteiger partial charge in [0, 0.05) is 13.1 Å². The van der Waals surface area contributed by atoms with E-state index in [0.717, 1.165) is 12.8 Å². The molecule has 22 heavy (non-hydrogen) atoms. The highest BCUT2D eigenvalue weighted by molar-refractivity contribution is 7.39. The molecule has 0 aliphatic carbocycles. The van der Waals surface area contributed by atoms with Crippen LogP contribution < -0.4 is 0 Å². The molecule has 0 rings (SSSR count). The fourth-order valence-corrected chi connectivity index (χ4v) is 3.23. The van der Waals surface area contributed by atoms with Crippen LogP contribution in [0.25, 0.3) is 0 Å². The van der Waals surface area contributed by atoms with E-state index in [0.29, 0.717) is 25.8 Å². The Morgan fingerprint density at radius 2 is 1.36 bits per heavy atom. The van der Waals surface area contributed by atoms with Crippen molar-refractivity contribution in [1.29, 1.82) is 0 Å². The topological polar surface area (TPSA) is 52.6 Å². The minimum absolute atomic E-state index is 0.286. The van der Waals surface area contributed by atoms with Crippen molar-refractivity contribution >= 4 is 14.0 Å². The van der Waals surface area contributed by atoms with E-state index in [4.69, 9.17) is 9.26 Å². The maximum atomic E-state index is 11.6. The molecule has 0 saturated heterocycles. The second-order valence-electron chi connectivity index (χ2n) is 5.85. The third-order valence-electron chi connectivity index (χ3n) is 3.59. The molecule has 0 bridgehead atoms. The quantitative estimate of drug-likeness (QED) is 0.217. The Labute approximate surface area is 137 Å². The molecule has 132 valence electrons. The van der Waals surface area contributed by atoms with Gasteiger partial charge in [0.05, 0.1) is 13.2 Å². The van der Waals surface area contributed by atoms with Gasteiger partial charge in [0.15, 0.2) is 8.03 Å². The van der Waals surface area contributed by atoms with E-state index in [2.05, 4.69) is 6.92 Å². The van der Waals surface area contributed by atoms with E-state index in [-0.39, 0.29) is 5.97 Å². The molecule has 4 nitrogen and oxygen atoms in total. The van der Waals surface area contributed by atoms with Gasteiger partial charge in [-0.3, -0.25) is 9.36 Å². The molecule has 5 heteroatoms. The molecule has 0 amide bonds. The van der Waals surface area contributed by atoms with Gasteiger partial charge in [-0.1, -0.05) is 64.7 Å². The molecule has 0 spiro atoms. The molecule has 0 aliphatic rings. The summed E-state index contributed by atoms with van der Waals surface area (Å²) >= 11 is 0. The summed E-state index contributed by atoms with van der Waals surface area (Å²) in [4.78, 5) is 10.5. The standard InChI is InChI=1S/C17H35O4P/c1-3-4-5-6-7-8-9-10-11-12-15-21-22(19)16-13-14-20-17(2)18/h22H,3-16H2,1-2H3. The lowest BCUT2D eigenvalue weighted by molar-refractivity contribution is -0.140. The van der Waals surface area contributed by atoms with Crippen LogP contribution in [-0.4, -0.2) is 25.3 Å². The van der Waals surface area contributed by atoms with E-state index < -0.39 is 8.03 Å². The third kappa shape index (κ3) is 17.7. The fraction of sp³-hybridized carbons (Fsp3) is 0.941. The van der Waals surface area contributed by atoms with Crippen molar-refractivity contribution in [3.63, 3.8) is 0 Å². The van der Waals surface area contributed by atoms with Gasteiger partial charge >= 0.3 is 5.97 Å². The van der Waals surface area contributed by atoms with Gasteiger partial charge in [-0.15, -0.1) is 0 Å². The van der Waals surface area contributed by atoms with Gasteiger partial charge in [0.1, 0.15) is 0 Å². The maximum absolute atomic E-state index is 11.6. The van der Waals surface area contributed by atoms with Crippen LogP contribution in [0.4, 0.5) is 0 Å². The Hall–Kier alpha value is -0.340. The summed E-state index contributed by atoms with van der Waals surface area (Å²) in [5.74, 6) is -0.286. The highest BCUT2D eigenvalue weighted by Gasteiger charge is 2.01. The fourth-order valence-electron chi connectivity index (χ4n) is 2.28. The Kier molecular flexibility index (Phi) is 16.8. The number of rotatable bonds is 16. The minimum atomic E-state index is -1.94. The van der Waals surface area contributed by atoms with Gasteiger partial charge in [-0.25, -0.2) is 0 Å². The molecule has 0 aromatic carbocycles. The summed E-state index contributed by atoms with van der Waals surface area (Å²) in [6.07, 6.45) is 14.0. The molecule has 0 heterocycles. The molecule has 0 radical (unpaired) electrons. The van der Waals surface area contributed by atoms with Crippen molar-refractivity contribution in [3.8, 4) is 0 Å². The summed E-state index contributed by atoms with van der Waals surface area (Å²) < 4.78 is 21.7. The largest absolute Gasteiger partial charge is 0.466 e. The third-order valence-corrected chi connectivity index (χ3v) is 4.88. The highest BCUT2D eigenvalue weighted by atomic mass is 31.1. The summed E-state index contributed by atoms with van der Waals surface area (Å²) in [5.41, 5.74) is 0. The van der Waals surface area contributed by atoms with Crippen LogP contribution in [0.3, 0.4) is 0 Å². The monoisotopic (exact) mass is 334 g/mol. The summed E-state index contributed by atoms with van der Waals surface area (Å²) in [6, 6.07) is 0. The Bertz CT molecular complexity index is 282. The number of hydrogen-bond donors (Lipinski definition) is 0. The first kappa shape index (κ1) is 21.7. The highest BCUT2D eigenvalue weighted by Crippen LogP contribution is 2.23. The van der Waals surface area contributed by atoms with Crippen LogP contribution in [-0.2, 0) is 18.6 Å². The smallest absolute Gasteiger partial charge is 0.302 e. The molecule has 0 aromatic heterocycles. The first-order valence-electron chi connectivity index (χ1n) is 8.95. The van der Waals surface area contributed by atoms with Gasteiger partial charge in [-0.2, -0.15) is 0 Å². The normalized spacial score (nSPS) is 12.3. The zero-order chi connectivity index (χ0) is 16.5. The van der Waals surface area contributed by atoms with Gasteiger partial charge in [0.25, 0.3) is 0 Å². The minimum Gasteiger partial charge on any atom is -0.466 e. The van der Waals surface area contributed by atoms with E-state index in [1.807, 2.05) is 0 Å². The number of carbonyl (C=O) groups is 1. The van der Waals surface area contributed by atoms with E-state index in [1.54, 1.807) is 0 Å². The number of carbonyl (C=O) groups excluding carboxylic acids is 1. The van der Waals surface area contributed by atoms with E-state index in [9.17, 15) is 9.36 Å². The number of ether oxygens (including phenoxy) is 1. The van der Waals surface area contributed by atoms with Gasteiger partial charge < -0.3 is 9.26 Å². The van der Waals surface area contributed by atoms with Crippen molar-refractivity contribution in [3.05, 3.63) is 0 Å². The molecule has 0 saturated carbocycles. The molecule has 0 N–H and O–H groups in total. The maximum Gasteiger partial charge on any atom is 0.302 e. The van der Waals surface area contributed by atoms with Crippen LogP contribution in [0.1, 0.15) is 84.5 Å². The lowest BCUT2D eigenvalue weighted by Crippen LogP contribution is -2.01. The lowest BCUT2D eigenvalue weighted by atomic mass is 10.1. The molecule has 0 aliphatic heterocycles. The Morgan fingerprint density at radius 1 is 0.818 bits per heavy atom. The van der Waals surface area contributed by atoms with Gasteiger partial charge in [0.2, 0.25) is 0 Å². The van der Waals surface area contributed by atoms with Crippen molar-refractivity contribution in [1.82, 2.24) is 0 Å². The second-order valence-corrected chi connectivity index (χ2v) is 7.38. The molecule has 1 atom stereocenters. The van der Waals surface area contributed by atoms with Gasteiger partial charge in [-0.05, 0) is 12.8 Å². The first-order chi connectivity index (χ1) is 10.7. The predicted molar refractivity (Wildman–Crippen MR) is 92.9 cm³/mol. The Morgan fingerprint density at radius 3 is 1.91 bits per heavy atom. The SMILES string of the molecule is CCCCCCCCCCCCO[PH](=O)CCCOC(C)=O. The van der Waals surface area contributed by atoms with Crippen molar-refractivity contribution in [2.45, 2.75) is 84.5 Å². The van der Waals surface area contributed by atoms with Crippen LogP contribution in [0.5, 0.6) is 0 Å². The first-order valence-corrected chi connectivity index (χ1v) is 10.5. The Balaban J connectivity index is 3.15. The molecule has 1 unspecified atom stereocenters. The van der Waals surface area contributed by atoms with Crippen LogP contribution >= 0.6 is 8.03 Å². The van der Waals surface area contributed by atoms with Crippen molar-refractivity contribution in [2.75, 3.05) is 19.4 Å². The number of esters is 1. The average molecular weight is 334 g/mol. The second kappa shape index (κ2) is 17.0. The lowest BCUT2D eigenvalue weighted by Gasteiger charge is -2.05. The summed E-state index contributed by atoms with van der Waals surface area (Å²) in [6.45, 7) is 4.57. The zero-order valence-electron chi connectivity index (χ0n) is 14.5. The summed E-state index contributed by atoms with van der Waals surface area (Å²) in [7, 11) is -1.94. The molecule has 0 aromatic rings. The molecular formula is C17H35O4P. The predicted octanol–water partition coefficient (Wildman–Crippen LogP) is 5.35. The van der Waals surface area contributed by atoms with E-state index in [1.165, 1.54) is 58.3 Å². The van der Waals surface area contributed by atoms with Crippen LogP contribution in [0, 0.1) is 0 Å². The molecular weight excluding hydrogens is 299 g/mol. The van der Waals surface area contributed by atoms with Crippen molar-refractivity contribution < 1.29 is 18.6 Å². The zero-order valence-corrected chi connectivity index (χ0v) is 15.5. The van der Waals surface area contributed by atoms with E-state index >= 15 is 0 Å². The van der Waals surface area contributed by atoms with Crippen LogP contribution in [0.2, 0.25) is 0 Å². The average Bonchev–Trinajstić information content (AvgIpc) is 2.49. The van der Waals surface area contributed by atoms with Crippen molar-refractivity contribution in [2.24, 2.45) is 0 Å².